The molecule has 2 unspecified atom stereocenters. The molecule has 1 aliphatic carbocycles. The fourth-order valence-corrected chi connectivity index (χ4v) is 5.00. The van der Waals surface area contributed by atoms with Gasteiger partial charge in [0, 0.05) is 32.1 Å². The van der Waals surface area contributed by atoms with E-state index in [1.807, 2.05) is 0 Å². The first-order valence-electron chi connectivity index (χ1n) is 7.27. The van der Waals surface area contributed by atoms with Gasteiger partial charge in [-0.25, -0.2) is 0 Å². The molecular weight excluding hydrogens is 212 g/mol. The molecule has 3 nitrogen and oxygen atoms in total. The Morgan fingerprint density at radius 1 is 1.00 bits per heavy atom. The largest absolute Gasteiger partial charge is 0.299 e. The van der Waals surface area contributed by atoms with E-state index in [1.165, 1.54) is 32.1 Å². The van der Waals surface area contributed by atoms with Crippen LogP contribution in [0.25, 0.3) is 0 Å². The van der Waals surface area contributed by atoms with Crippen LogP contribution in [0.3, 0.4) is 0 Å². The van der Waals surface area contributed by atoms with Crippen molar-refractivity contribution in [3.63, 3.8) is 0 Å². The highest BCUT2D eigenvalue weighted by atomic mass is 16.1. The smallest absolute Gasteiger partial charge is 0.147 e. The van der Waals surface area contributed by atoms with Gasteiger partial charge < -0.3 is 0 Å². The van der Waals surface area contributed by atoms with Gasteiger partial charge in [-0.3, -0.25) is 14.6 Å². The lowest BCUT2D eigenvalue weighted by molar-refractivity contribution is -0.175. The van der Waals surface area contributed by atoms with Gasteiger partial charge >= 0.3 is 0 Å². The zero-order chi connectivity index (χ0) is 11.5. The zero-order valence-corrected chi connectivity index (χ0v) is 10.5. The van der Waals surface area contributed by atoms with Crippen LogP contribution in [0.1, 0.15) is 32.1 Å². The van der Waals surface area contributed by atoms with E-state index in [0.717, 1.165) is 32.8 Å². The normalized spacial score (nSPS) is 49.9. The van der Waals surface area contributed by atoms with Crippen LogP contribution in [0.2, 0.25) is 0 Å². The van der Waals surface area contributed by atoms with Crippen LogP contribution in [0.5, 0.6) is 0 Å². The summed E-state index contributed by atoms with van der Waals surface area (Å²) in [7, 11) is 0. The minimum absolute atomic E-state index is 0.0415. The van der Waals surface area contributed by atoms with Gasteiger partial charge in [-0.2, -0.15) is 0 Å². The Morgan fingerprint density at radius 3 is 2.29 bits per heavy atom. The molecule has 4 saturated heterocycles. The number of Topliss-reactive ketones (excluding diaryl/α,β-unsaturated/α-hetero) is 1. The van der Waals surface area contributed by atoms with Gasteiger partial charge in [-0.1, -0.05) is 19.3 Å². The number of rotatable bonds is 1. The second-order valence-electron chi connectivity index (χ2n) is 6.72. The molecule has 0 aromatic rings. The summed E-state index contributed by atoms with van der Waals surface area (Å²) in [6, 6.07) is 0. The summed E-state index contributed by atoms with van der Waals surface area (Å²) in [6.07, 6.45) is 6.70. The van der Waals surface area contributed by atoms with E-state index >= 15 is 0 Å². The Hall–Kier alpha value is -0.410. The van der Waals surface area contributed by atoms with E-state index in [4.69, 9.17) is 0 Å². The molecule has 5 rings (SSSR count). The van der Waals surface area contributed by atoms with E-state index in [9.17, 15) is 4.79 Å². The summed E-state index contributed by atoms with van der Waals surface area (Å²) in [4.78, 5) is 17.8. The molecule has 0 spiro atoms. The molecule has 4 bridgehead atoms. The standard InChI is InChI=1S/C14H22N2O/c17-13-11-6-15-8-14(13,9-16(7-11)10-15)12-4-2-1-3-5-12/h11-12H,1-10H2. The van der Waals surface area contributed by atoms with E-state index < -0.39 is 0 Å². The van der Waals surface area contributed by atoms with Crippen LogP contribution in [0, 0.1) is 17.3 Å². The molecule has 2 atom stereocenters. The highest BCUT2D eigenvalue weighted by Gasteiger charge is 2.58. The Kier molecular flexibility index (Phi) is 2.19. The minimum atomic E-state index is 0.0415. The van der Waals surface area contributed by atoms with Crippen molar-refractivity contribution in [2.75, 3.05) is 32.8 Å². The first-order valence-corrected chi connectivity index (χ1v) is 7.27. The summed E-state index contributed by atoms with van der Waals surface area (Å²) < 4.78 is 0. The van der Waals surface area contributed by atoms with E-state index in [-0.39, 0.29) is 5.41 Å². The number of piperidine rings is 2. The average molecular weight is 234 g/mol. The van der Waals surface area contributed by atoms with Crippen LogP contribution >= 0.6 is 0 Å². The molecular formula is C14H22N2O. The summed E-state index contributed by atoms with van der Waals surface area (Å²) in [5, 5.41) is 0. The lowest BCUT2D eigenvalue weighted by Crippen LogP contribution is -2.73. The molecule has 0 N–H and O–H groups in total. The zero-order valence-electron chi connectivity index (χ0n) is 10.5. The van der Waals surface area contributed by atoms with Gasteiger partial charge in [0.1, 0.15) is 5.78 Å². The molecule has 5 fully saturated rings. The number of ketones is 1. The van der Waals surface area contributed by atoms with E-state index in [1.54, 1.807) is 0 Å². The van der Waals surface area contributed by atoms with Gasteiger partial charge in [0.05, 0.1) is 12.1 Å². The summed E-state index contributed by atoms with van der Waals surface area (Å²) >= 11 is 0. The second-order valence-corrected chi connectivity index (χ2v) is 6.72. The van der Waals surface area contributed by atoms with Gasteiger partial charge in [0.25, 0.3) is 0 Å². The Labute approximate surface area is 103 Å². The van der Waals surface area contributed by atoms with Crippen LogP contribution in [0.4, 0.5) is 0 Å². The second kappa shape index (κ2) is 3.55. The highest BCUT2D eigenvalue weighted by molar-refractivity contribution is 5.90. The molecule has 5 aliphatic rings. The van der Waals surface area contributed by atoms with Crippen LogP contribution in [0.15, 0.2) is 0 Å². The highest BCUT2D eigenvalue weighted by Crippen LogP contribution is 2.48. The Bertz CT molecular complexity index is 334. The third-order valence-electron chi connectivity index (χ3n) is 5.62. The number of hydrogen-bond acceptors (Lipinski definition) is 3. The topological polar surface area (TPSA) is 23.6 Å². The van der Waals surface area contributed by atoms with Crippen molar-refractivity contribution < 1.29 is 4.79 Å². The average Bonchev–Trinajstić information content (AvgIpc) is 2.36. The number of carbonyl (C=O) groups excluding carboxylic acids is 1. The summed E-state index contributed by atoms with van der Waals surface area (Å²) in [5.74, 6) is 1.67. The molecule has 3 heteroatoms. The fraction of sp³-hybridized carbons (Fsp3) is 0.929. The van der Waals surface area contributed by atoms with Crippen LogP contribution in [-0.4, -0.2) is 48.4 Å². The Balaban J connectivity index is 1.68. The quantitative estimate of drug-likeness (QED) is 0.684. The van der Waals surface area contributed by atoms with Crippen molar-refractivity contribution >= 4 is 5.78 Å². The molecule has 0 aromatic heterocycles. The summed E-state index contributed by atoms with van der Waals surface area (Å²) in [5.41, 5.74) is 0.0415. The van der Waals surface area contributed by atoms with Crippen LogP contribution < -0.4 is 0 Å². The van der Waals surface area contributed by atoms with Crippen molar-refractivity contribution in [2.45, 2.75) is 32.1 Å². The molecule has 0 aromatic carbocycles. The van der Waals surface area contributed by atoms with Crippen molar-refractivity contribution in [3.8, 4) is 0 Å². The van der Waals surface area contributed by atoms with Crippen molar-refractivity contribution in [1.82, 2.24) is 9.80 Å². The predicted molar refractivity (Wildman–Crippen MR) is 65.5 cm³/mol. The third-order valence-corrected chi connectivity index (χ3v) is 5.62. The number of hydrogen-bond donors (Lipinski definition) is 0. The first-order chi connectivity index (χ1) is 8.28. The number of carbonyl (C=O) groups is 1. The lowest BCUT2D eigenvalue weighted by atomic mass is 9.59. The molecule has 0 radical (unpaired) electrons. The van der Waals surface area contributed by atoms with Gasteiger partial charge in [-0.05, 0) is 18.8 Å². The monoisotopic (exact) mass is 234 g/mol. The van der Waals surface area contributed by atoms with Crippen molar-refractivity contribution in [1.29, 1.82) is 0 Å². The maximum Gasteiger partial charge on any atom is 0.147 e. The molecule has 94 valence electrons. The summed E-state index contributed by atoms with van der Waals surface area (Å²) in [6.45, 7) is 5.36. The third kappa shape index (κ3) is 1.39. The Morgan fingerprint density at radius 2 is 1.65 bits per heavy atom. The molecule has 17 heavy (non-hydrogen) atoms. The molecule has 1 saturated carbocycles. The fourth-order valence-electron chi connectivity index (χ4n) is 5.00. The predicted octanol–water partition coefficient (Wildman–Crippen LogP) is 1.34. The number of nitrogens with zero attached hydrogens (tertiary/aromatic N) is 2. The maximum atomic E-state index is 12.7. The van der Waals surface area contributed by atoms with Gasteiger partial charge in [0.2, 0.25) is 0 Å². The van der Waals surface area contributed by atoms with E-state index in [0.29, 0.717) is 17.6 Å². The molecule has 4 heterocycles. The van der Waals surface area contributed by atoms with Gasteiger partial charge in [0.15, 0.2) is 0 Å². The first kappa shape index (κ1) is 10.5. The maximum absolute atomic E-state index is 12.7. The SMILES string of the molecule is O=C1C2CN3CN(C2)CC1(C1CCCCC1)C3. The molecule has 4 aliphatic heterocycles. The lowest BCUT2D eigenvalue weighted by Gasteiger charge is -2.61. The minimum Gasteiger partial charge on any atom is -0.299 e. The van der Waals surface area contributed by atoms with Crippen LogP contribution in [-0.2, 0) is 4.79 Å². The van der Waals surface area contributed by atoms with Gasteiger partial charge in [-0.15, -0.1) is 0 Å². The van der Waals surface area contributed by atoms with Crippen molar-refractivity contribution in [3.05, 3.63) is 0 Å². The van der Waals surface area contributed by atoms with E-state index in [2.05, 4.69) is 9.80 Å². The molecule has 0 amide bonds. The van der Waals surface area contributed by atoms with Crippen molar-refractivity contribution in [2.24, 2.45) is 17.3 Å².